The number of hydrogen-bond acceptors (Lipinski definition) is 4. The maximum absolute atomic E-state index is 9.19. The number of aliphatic hydroxyl groups excluding tert-OH is 1. The van der Waals surface area contributed by atoms with Crippen LogP contribution in [-0.4, -0.2) is 34.7 Å². The molecule has 1 aromatic carbocycles. The minimum absolute atomic E-state index is 0.344. The van der Waals surface area contributed by atoms with Crippen molar-refractivity contribution in [1.82, 2.24) is 9.88 Å². The van der Waals surface area contributed by atoms with Crippen LogP contribution in [0.25, 0.3) is 10.4 Å². The predicted molar refractivity (Wildman–Crippen MR) is 87.4 cm³/mol. The molecule has 1 fully saturated rings. The number of thiazole rings is 1. The molecule has 1 N–H and O–H groups in total. The monoisotopic (exact) mass is 302 g/mol. The normalized spacial score (nSPS) is 17.2. The Bertz CT molecular complexity index is 571. The van der Waals surface area contributed by atoms with Crippen LogP contribution in [0.2, 0.25) is 0 Å². The van der Waals surface area contributed by atoms with Crippen molar-refractivity contribution < 1.29 is 5.11 Å². The molecular weight excluding hydrogens is 280 g/mol. The molecule has 0 spiro atoms. The van der Waals surface area contributed by atoms with Gasteiger partial charge in [-0.15, -0.1) is 11.3 Å². The van der Waals surface area contributed by atoms with Crippen LogP contribution in [0.3, 0.4) is 0 Å². The minimum atomic E-state index is 0.344. The molecule has 2 heterocycles. The topological polar surface area (TPSA) is 36.4 Å². The van der Waals surface area contributed by atoms with Gasteiger partial charge in [0.2, 0.25) is 0 Å². The van der Waals surface area contributed by atoms with Crippen molar-refractivity contribution in [3.63, 3.8) is 0 Å². The number of aryl methyl sites for hydroxylation is 1. The van der Waals surface area contributed by atoms with Gasteiger partial charge in [-0.1, -0.05) is 24.3 Å². The zero-order chi connectivity index (χ0) is 14.7. The Balaban J connectivity index is 1.62. The highest BCUT2D eigenvalue weighted by Crippen LogP contribution is 2.27. The summed E-state index contributed by atoms with van der Waals surface area (Å²) in [7, 11) is 0. The molecule has 112 valence electrons. The molecule has 0 bridgehead atoms. The first-order valence-electron chi connectivity index (χ1n) is 7.59. The van der Waals surface area contributed by atoms with E-state index in [1.807, 2.05) is 5.51 Å². The van der Waals surface area contributed by atoms with E-state index in [-0.39, 0.29) is 0 Å². The minimum Gasteiger partial charge on any atom is -0.396 e. The molecule has 1 aromatic heterocycles. The van der Waals surface area contributed by atoms with Crippen molar-refractivity contribution in [3.8, 4) is 10.4 Å². The molecule has 4 heteroatoms. The number of aliphatic hydroxyl groups is 1. The number of piperidine rings is 1. The van der Waals surface area contributed by atoms with Gasteiger partial charge >= 0.3 is 0 Å². The number of aromatic nitrogens is 1. The summed E-state index contributed by atoms with van der Waals surface area (Å²) in [6, 6.07) is 8.87. The number of rotatable bonds is 4. The Morgan fingerprint density at radius 1 is 1.24 bits per heavy atom. The summed E-state index contributed by atoms with van der Waals surface area (Å²) in [6.07, 6.45) is 2.24. The van der Waals surface area contributed by atoms with Crippen LogP contribution in [-0.2, 0) is 6.54 Å². The van der Waals surface area contributed by atoms with Crippen molar-refractivity contribution in [1.29, 1.82) is 0 Å². The summed E-state index contributed by atoms with van der Waals surface area (Å²) in [5, 5.41) is 9.19. The van der Waals surface area contributed by atoms with E-state index in [9.17, 15) is 5.11 Å². The van der Waals surface area contributed by atoms with E-state index in [1.54, 1.807) is 11.3 Å². The molecule has 21 heavy (non-hydrogen) atoms. The lowest BCUT2D eigenvalue weighted by Gasteiger charge is -2.31. The van der Waals surface area contributed by atoms with E-state index >= 15 is 0 Å². The van der Waals surface area contributed by atoms with E-state index in [0.29, 0.717) is 12.5 Å². The zero-order valence-electron chi connectivity index (χ0n) is 12.5. The van der Waals surface area contributed by atoms with Crippen LogP contribution in [0.1, 0.15) is 24.1 Å². The molecule has 1 saturated heterocycles. The summed E-state index contributed by atoms with van der Waals surface area (Å²) in [4.78, 5) is 8.07. The summed E-state index contributed by atoms with van der Waals surface area (Å²) in [5.41, 5.74) is 5.64. The molecule has 0 saturated carbocycles. The Hall–Kier alpha value is -1.23. The Morgan fingerprint density at radius 2 is 1.95 bits per heavy atom. The third-order valence-electron chi connectivity index (χ3n) is 4.33. The molecule has 3 nitrogen and oxygen atoms in total. The quantitative estimate of drug-likeness (QED) is 0.941. The van der Waals surface area contributed by atoms with Crippen molar-refractivity contribution in [2.45, 2.75) is 26.3 Å². The fraction of sp³-hybridized carbons (Fsp3) is 0.471. The second-order valence-electron chi connectivity index (χ2n) is 5.87. The lowest BCUT2D eigenvalue weighted by Crippen LogP contribution is -2.34. The first kappa shape index (κ1) is 14.7. The molecule has 0 radical (unpaired) electrons. The molecule has 0 unspecified atom stereocenters. The van der Waals surface area contributed by atoms with Gasteiger partial charge in [0.15, 0.2) is 0 Å². The average Bonchev–Trinajstić information content (AvgIpc) is 2.95. The third kappa shape index (κ3) is 3.51. The molecule has 3 rings (SSSR count). The SMILES string of the molecule is Cc1ncsc1-c1ccc(CN2CCC(CO)CC2)cc1. The van der Waals surface area contributed by atoms with E-state index < -0.39 is 0 Å². The van der Waals surface area contributed by atoms with Gasteiger partial charge in [0.05, 0.1) is 16.1 Å². The Labute approximate surface area is 130 Å². The van der Waals surface area contributed by atoms with Crippen LogP contribution < -0.4 is 0 Å². The van der Waals surface area contributed by atoms with Gasteiger partial charge in [-0.25, -0.2) is 4.98 Å². The maximum Gasteiger partial charge on any atom is 0.0801 e. The van der Waals surface area contributed by atoms with Crippen molar-refractivity contribution in [2.24, 2.45) is 5.92 Å². The third-order valence-corrected chi connectivity index (χ3v) is 5.31. The smallest absolute Gasteiger partial charge is 0.0801 e. The predicted octanol–water partition coefficient (Wildman–Crippen LogP) is 3.32. The van der Waals surface area contributed by atoms with Crippen molar-refractivity contribution >= 4 is 11.3 Å². The Morgan fingerprint density at radius 3 is 2.52 bits per heavy atom. The van der Waals surface area contributed by atoms with E-state index in [0.717, 1.165) is 38.2 Å². The molecule has 1 aliphatic heterocycles. The molecular formula is C17H22N2OS. The van der Waals surface area contributed by atoms with Crippen LogP contribution >= 0.6 is 11.3 Å². The number of nitrogens with zero attached hydrogens (tertiary/aromatic N) is 2. The van der Waals surface area contributed by atoms with Crippen LogP contribution in [0, 0.1) is 12.8 Å². The van der Waals surface area contributed by atoms with Gasteiger partial charge in [-0.05, 0) is 49.9 Å². The average molecular weight is 302 g/mol. The zero-order valence-corrected chi connectivity index (χ0v) is 13.3. The highest BCUT2D eigenvalue weighted by atomic mass is 32.1. The fourth-order valence-electron chi connectivity index (χ4n) is 2.93. The largest absolute Gasteiger partial charge is 0.396 e. The second-order valence-corrected chi connectivity index (χ2v) is 6.72. The highest BCUT2D eigenvalue weighted by Gasteiger charge is 2.18. The lowest BCUT2D eigenvalue weighted by molar-refractivity contribution is 0.127. The Kier molecular flexibility index (Phi) is 4.68. The second kappa shape index (κ2) is 6.69. The fourth-order valence-corrected chi connectivity index (χ4v) is 3.74. The summed E-state index contributed by atoms with van der Waals surface area (Å²) < 4.78 is 0. The van der Waals surface area contributed by atoms with Gasteiger partial charge in [-0.2, -0.15) is 0 Å². The summed E-state index contributed by atoms with van der Waals surface area (Å²) >= 11 is 1.70. The summed E-state index contributed by atoms with van der Waals surface area (Å²) in [5.74, 6) is 0.512. The van der Waals surface area contributed by atoms with E-state index in [4.69, 9.17) is 0 Å². The van der Waals surface area contributed by atoms with Crippen molar-refractivity contribution in [3.05, 3.63) is 41.0 Å². The number of hydrogen-bond donors (Lipinski definition) is 1. The molecule has 0 amide bonds. The van der Waals surface area contributed by atoms with E-state index in [1.165, 1.54) is 16.0 Å². The van der Waals surface area contributed by atoms with Gasteiger partial charge in [-0.3, -0.25) is 4.90 Å². The van der Waals surface area contributed by atoms with Crippen LogP contribution in [0.5, 0.6) is 0 Å². The number of benzene rings is 1. The highest BCUT2D eigenvalue weighted by molar-refractivity contribution is 7.13. The van der Waals surface area contributed by atoms with Gasteiger partial charge in [0.25, 0.3) is 0 Å². The molecule has 0 aliphatic carbocycles. The standard InChI is InChI=1S/C17H22N2OS/c1-13-17(21-12-18-13)16-4-2-14(3-5-16)10-19-8-6-15(11-20)7-9-19/h2-5,12,15,20H,6-11H2,1H3. The summed E-state index contributed by atoms with van der Waals surface area (Å²) in [6.45, 7) is 5.61. The molecule has 2 aromatic rings. The first-order chi connectivity index (χ1) is 10.3. The van der Waals surface area contributed by atoms with Gasteiger partial charge in [0.1, 0.15) is 0 Å². The van der Waals surface area contributed by atoms with Gasteiger partial charge < -0.3 is 5.11 Å². The molecule has 0 atom stereocenters. The van der Waals surface area contributed by atoms with Crippen LogP contribution in [0.4, 0.5) is 0 Å². The molecule has 1 aliphatic rings. The van der Waals surface area contributed by atoms with Crippen LogP contribution in [0.15, 0.2) is 29.8 Å². The van der Waals surface area contributed by atoms with Gasteiger partial charge in [0, 0.05) is 13.2 Å². The maximum atomic E-state index is 9.19. The first-order valence-corrected chi connectivity index (χ1v) is 8.47. The van der Waals surface area contributed by atoms with E-state index in [2.05, 4.69) is 41.1 Å². The lowest BCUT2D eigenvalue weighted by atomic mass is 9.97. The van der Waals surface area contributed by atoms with Crippen molar-refractivity contribution in [2.75, 3.05) is 19.7 Å². The number of likely N-dealkylation sites (tertiary alicyclic amines) is 1.